The Kier molecular flexibility index (Phi) is 6.40. The van der Waals surface area contributed by atoms with Crippen molar-refractivity contribution in [2.75, 3.05) is 31.1 Å². The number of piperazine rings is 1. The number of hydrogen-bond donors (Lipinski definition) is 2. The summed E-state index contributed by atoms with van der Waals surface area (Å²) in [6.07, 6.45) is -3.71. The molecule has 0 saturated carbocycles. The average molecular weight is 541 g/mol. The molecule has 1 fully saturated rings. The van der Waals surface area contributed by atoms with Crippen LogP contribution in [0, 0.1) is 0 Å². The van der Waals surface area contributed by atoms with Crippen molar-refractivity contribution in [3.8, 4) is 0 Å². The number of amides is 3. The second-order valence-electron chi connectivity index (χ2n) is 10.5. The van der Waals surface area contributed by atoms with Crippen molar-refractivity contribution in [2.45, 2.75) is 32.5 Å². The molecule has 0 unspecified atom stereocenters. The number of nitrogens with one attached hydrogen (secondary N) is 2. The topological polar surface area (TPSA) is 94.7 Å². The van der Waals surface area contributed by atoms with E-state index in [1.807, 2.05) is 4.90 Å². The standard InChI is InChI=1S/C28H27F3N4O4/c1-27(2,3)39-26(38)35-12-10-34(11-13-35)16-8-9-20(28(29,30)31)18(14-16)22-23(25(37)33-24(22)36)19-15-32-21-7-5-4-6-17(19)21/h4-9,14-15,32H,10-13H2,1-3H3,(H,33,36,37). The van der Waals surface area contributed by atoms with Gasteiger partial charge in [0.05, 0.1) is 16.7 Å². The first-order valence-electron chi connectivity index (χ1n) is 12.4. The Balaban J connectivity index is 1.55. The Labute approximate surface area is 222 Å². The quantitative estimate of drug-likeness (QED) is 0.465. The SMILES string of the molecule is CC(C)(C)OC(=O)N1CCN(c2ccc(C(F)(F)F)c(C3=C(c4c[nH]c5ccccc45)C(=O)NC3=O)c2)CC1. The second-order valence-corrected chi connectivity index (χ2v) is 10.5. The number of aromatic amines is 1. The molecule has 2 N–H and O–H groups in total. The predicted molar refractivity (Wildman–Crippen MR) is 140 cm³/mol. The maximum absolute atomic E-state index is 14.2. The minimum absolute atomic E-state index is 0.116. The summed E-state index contributed by atoms with van der Waals surface area (Å²) in [5.41, 5.74) is -1.02. The van der Waals surface area contributed by atoms with E-state index in [1.165, 1.54) is 18.3 Å². The van der Waals surface area contributed by atoms with Gasteiger partial charge in [-0.3, -0.25) is 14.9 Å². The molecule has 0 atom stereocenters. The molecular formula is C28H27F3N4O4. The number of imide groups is 1. The summed E-state index contributed by atoms with van der Waals surface area (Å²) < 4.78 is 48.0. The van der Waals surface area contributed by atoms with E-state index in [0.29, 0.717) is 48.3 Å². The van der Waals surface area contributed by atoms with Gasteiger partial charge in [0.1, 0.15) is 5.60 Å². The molecule has 2 aromatic carbocycles. The first-order valence-corrected chi connectivity index (χ1v) is 12.4. The van der Waals surface area contributed by atoms with Crippen molar-refractivity contribution >= 4 is 45.6 Å². The van der Waals surface area contributed by atoms with Gasteiger partial charge in [-0.25, -0.2) is 4.79 Å². The van der Waals surface area contributed by atoms with Crippen LogP contribution in [0.15, 0.2) is 48.7 Å². The number of ether oxygens (including phenoxy) is 1. The van der Waals surface area contributed by atoms with Gasteiger partial charge in [-0.15, -0.1) is 0 Å². The Hall–Kier alpha value is -4.28. The van der Waals surface area contributed by atoms with Crippen molar-refractivity contribution < 1.29 is 32.3 Å². The van der Waals surface area contributed by atoms with E-state index in [0.717, 1.165) is 6.07 Å². The van der Waals surface area contributed by atoms with Crippen LogP contribution in [-0.4, -0.2) is 59.6 Å². The number of carbonyl (C=O) groups is 3. The van der Waals surface area contributed by atoms with E-state index >= 15 is 0 Å². The zero-order valence-electron chi connectivity index (χ0n) is 21.6. The minimum atomic E-state index is -4.77. The van der Waals surface area contributed by atoms with Gasteiger partial charge in [-0.1, -0.05) is 18.2 Å². The van der Waals surface area contributed by atoms with Gasteiger partial charge in [0.25, 0.3) is 11.8 Å². The van der Waals surface area contributed by atoms with Crippen LogP contribution >= 0.6 is 0 Å². The predicted octanol–water partition coefficient (Wildman–Crippen LogP) is 4.81. The third kappa shape index (κ3) is 5.08. The molecule has 5 rings (SSSR count). The van der Waals surface area contributed by atoms with Crippen molar-refractivity contribution in [3.05, 3.63) is 65.4 Å². The fraction of sp³-hybridized carbons (Fsp3) is 0.321. The summed E-state index contributed by atoms with van der Waals surface area (Å²) in [6, 6.07) is 10.6. The van der Waals surface area contributed by atoms with Crippen LogP contribution in [0.5, 0.6) is 0 Å². The largest absolute Gasteiger partial charge is 0.444 e. The monoisotopic (exact) mass is 540 g/mol. The maximum Gasteiger partial charge on any atom is 0.417 e. The summed E-state index contributed by atoms with van der Waals surface area (Å²) in [5.74, 6) is -1.65. The van der Waals surface area contributed by atoms with Crippen LogP contribution in [0.3, 0.4) is 0 Å². The summed E-state index contributed by atoms with van der Waals surface area (Å²) >= 11 is 0. The molecule has 3 heterocycles. The molecule has 8 nitrogen and oxygen atoms in total. The number of halogens is 3. The average Bonchev–Trinajstić information content (AvgIpc) is 3.41. The van der Waals surface area contributed by atoms with E-state index in [2.05, 4.69) is 10.3 Å². The van der Waals surface area contributed by atoms with Gasteiger partial charge in [-0.05, 0) is 45.0 Å². The lowest BCUT2D eigenvalue weighted by Gasteiger charge is -2.37. The molecule has 0 spiro atoms. The van der Waals surface area contributed by atoms with Gasteiger partial charge >= 0.3 is 12.3 Å². The molecule has 0 radical (unpaired) electrons. The number of benzene rings is 2. The zero-order chi connectivity index (χ0) is 28.1. The highest BCUT2D eigenvalue weighted by Crippen LogP contribution is 2.42. The number of aromatic nitrogens is 1. The van der Waals surface area contributed by atoms with Gasteiger partial charge < -0.3 is 19.5 Å². The summed E-state index contributed by atoms with van der Waals surface area (Å²) in [6.45, 7) is 6.64. The van der Waals surface area contributed by atoms with Crippen molar-refractivity contribution in [2.24, 2.45) is 0 Å². The van der Waals surface area contributed by atoms with Crippen LogP contribution in [0.4, 0.5) is 23.7 Å². The van der Waals surface area contributed by atoms with E-state index in [4.69, 9.17) is 4.74 Å². The number of carbonyl (C=O) groups excluding carboxylic acids is 3. The molecule has 2 aliphatic rings. The van der Waals surface area contributed by atoms with Gasteiger partial charge in [0.15, 0.2) is 0 Å². The number of rotatable bonds is 3. The van der Waals surface area contributed by atoms with Crippen LogP contribution in [-0.2, 0) is 20.5 Å². The highest BCUT2D eigenvalue weighted by atomic mass is 19.4. The smallest absolute Gasteiger partial charge is 0.417 e. The number of hydrogen-bond acceptors (Lipinski definition) is 5. The first-order chi connectivity index (χ1) is 18.3. The second kappa shape index (κ2) is 9.48. The van der Waals surface area contributed by atoms with E-state index in [9.17, 15) is 27.6 Å². The number of fused-ring (bicyclic) bond motifs is 1. The molecule has 2 aliphatic heterocycles. The number of anilines is 1. The number of alkyl halides is 3. The Morgan fingerprint density at radius 1 is 0.897 bits per heavy atom. The van der Waals surface area contributed by atoms with Crippen LogP contribution in [0.1, 0.15) is 37.5 Å². The molecule has 1 aromatic heterocycles. The van der Waals surface area contributed by atoms with E-state index in [-0.39, 0.29) is 16.7 Å². The highest BCUT2D eigenvalue weighted by Gasteiger charge is 2.41. The normalized spacial score (nSPS) is 16.8. The Morgan fingerprint density at radius 2 is 1.54 bits per heavy atom. The van der Waals surface area contributed by atoms with Crippen LogP contribution < -0.4 is 10.2 Å². The first kappa shape index (κ1) is 26.3. The van der Waals surface area contributed by atoms with Crippen LogP contribution in [0.2, 0.25) is 0 Å². The Bertz CT molecular complexity index is 1510. The molecule has 1 saturated heterocycles. The molecule has 3 amide bonds. The van der Waals surface area contributed by atoms with Crippen LogP contribution in [0.25, 0.3) is 22.0 Å². The van der Waals surface area contributed by atoms with Gasteiger partial charge in [0.2, 0.25) is 0 Å². The van der Waals surface area contributed by atoms with E-state index < -0.39 is 35.2 Å². The minimum Gasteiger partial charge on any atom is -0.444 e. The fourth-order valence-corrected chi connectivity index (χ4v) is 4.90. The number of nitrogens with zero attached hydrogens (tertiary/aromatic N) is 2. The lowest BCUT2D eigenvalue weighted by Crippen LogP contribution is -2.50. The van der Waals surface area contributed by atoms with E-state index in [1.54, 1.807) is 49.9 Å². The van der Waals surface area contributed by atoms with Crippen molar-refractivity contribution in [3.63, 3.8) is 0 Å². The lowest BCUT2D eigenvalue weighted by molar-refractivity contribution is -0.137. The van der Waals surface area contributed by atoms with Gasteiger partial charge in [-0.2, -0.15) is 13.2 Å². The number of H-pyrrole nitrogens is 1. The highest BCUT2D eigenvalue weighted by molar-refractivity contribution is 6.50. The fourth-order valence-electron chi connectivity index (χ4n) is 4.90. The molecule has 204 valence electrons. The maximum atomic E-state index is 14.2. The summed E-state index contributed by atoms with van der Waals surface area (Å²) in [7, 11) is 0. The third-order valence-electron chi connectivity index (χ3n) is 6.66. The third-order valence-corrected chi connectivity index (χ3v) is 6.66. The molecule has 0 bridgehead atoms. The van der Waals surface area contributed by atoms with Gasteiger partial charge in [0, 0.05) is 60.1 Å². The summed E-state index contributed by atoms with van der Waals surface area (Å²) in [4.78, 5) is 44.7. The number of para-hydroxylation sites is 1. The van der Waals surface area contributed by atoms with Crippen molar-refractivity contribution in [1.82, 2.24) is 15.2 Å². The summed E-state index contributed by atoms with van der Waals surface area (Å²) in [5, 5.41) is 2.79. The Morgan fingerprint density at radius 3 is 2.18 bits per heavy atom. The molecule has 11 heteroatoms. The zero-order valence-corrected chi connectivity index (χ0v) is 21.6. The van der Waals surface area contributed by atoms with Crippen molar-refractivity contribution in [1.29, 1.82) is 0 Å². The molecule has 0 aliphatic carbocycles. The molecular weight excluding hydrogens is 513 g/mol. The molecule has 3 aromatic rings. The lowest BCUT2D eigenvalue weighted by atomic mass is 9.92. The molecule has 39 heavy (non-hydrogen) atoms.